The van der Waals surface area contributed by atoms with Gasteiger partial charge in [-0.05, 0) is 24.3 Å². The molecule has 0 atom stereocenters. The Morgan fingerprint density at radius 2 is 1.86 bits per heavy atom. The van der Waals surface area contributed by atoms with Crippen LogP contribution in [0.4, 0.5) is 17.1 Å². The molecule has 0 radical (unpaired) electrons. The number of hydrogen-bond donors (Lipinski definition) is 2. The zero-order chi connectivity index (χ0) is 15.7. The maximum absolute atomic E-state index is 10.6. The Labute approximate surface area is 132 Å². The first-order chi connectivity index (χ1) is 10.6. The number of nitrogens with one attached hydrogen (secondary N) is 1. The number of halogens is 1. The van der Waals surface area contributed by atoms with E-state index in [1.165, 1.54) is 24.3 Å². The number of benzene rings is 2. The van der Waals surface area contributed by atoms with E-state index in [4.69, 9.17) is 0 Å². The van der Waals surface area contributed by atoms with Crippen LogP contribution in [0.15, 0.2) is 57.2 Å². The lowest BCUT2D eigenvalue weighted by Crippen LogP contribution is -1.85. The monoisotopic (exact) mass is 360 g/mol. The van der Waals surface area contributed by atoms with Gasteiger partial charge in [0.05, 0.1) is 16.1 Å². The van der Waals surface area contributed by atoms with Gasteiger partial charge in [0.25, 0.3) is 5.69 Å². The maximum Gasteiger partial charge on any atom is 0.269 e. The second-order valence-corrected chi connectivity index (χ2v) is 5.31. The lowest BCUT2D eigenvalue weighted by molar-refractivity contribution is -0.384. The van der Waals surface area contributed by atoms with Crippen LogP contribution in [0, 0.1) is 10.1 Å². The van der Waals surface area contributed by atoms with Crippen LogP contribution in [-0.4, -0.2) is 15.0 Å². The van der Waals surface area contributed by atoms with E-state index in [0.29, 0.717) is 16.8 Å². The molecule has 0 amide bonds. The van der Waals surface area contributed by atoms with Crippen molar-refractivity contribution in [2.45, 2.75) is 0 Å². The van der Waals surface area contributed by atoms with Crippen LogP contribution >= 0.6 is 15.9 Å². The summed E-state index contributed by atoms with van der Waals surface area (Å²) in [6, 6.07) is 11.1. The van der Waals surface area contributed by atoms with Gasteiger partial charge in [-0.3, -0.25) is 10.1 Å². The highest BCUT2D eigenvalue weighted by Gasteiger charge is 2.13. The van der Waals surface area contributed by atoms with Crippen LogP contribution in [0.2, 0.25) is 0 Å². The number of aromatic amines is 1. The molecule has 0 saturated carbocycles. The molecule has 22 heavy (non-hydrogen) atoms. The molecule has 0 aliphatic carbocycles. The summed E-state index contributed by atoms with van der Waals surface area (Å²) in [5, 5.41) is 29.3. The number of nitro benzene ring substituents is 1. The van der Waals surface area contributed by atoms with Crippen LogP contribution in [-0.2, 0) is 0 Å². The van der Waals surface area contributed by atoms with E-state index >= 15 is 0 Å². The predicted molar refractivity (Wildman–Crippen MR) is 84.9 cm³/mol. The van der Waals surface area contributed by atoms with Crippen LogP contribution < -0.4 is 0 Å². The van der Waals surface area contributed by atoms with E-state index in [2.05, 4.69) is 31.1 Å². The fourth-order valence-corrected chi connectivity index (χ4v) is 2.57. The van der Waals surface area contributed by atoms with Crippen molar-refractivity contribution in [2.75, 3.05) is 0 Å². The maximum atomic E-state index is 10.6. The van der Waals surface area contributed by atoms with E-state index in [-0.39, 0.29) is 11.6 Å². The topological polar surface area (TPSA) is 104 Å². The minimum atomic E-state index is -0.483. The third-order valence-electron chi connectivity index (χ3n) is 3.05. The highest BCUT2D eigenvalue weighted by atomic mass is 79.9. The number of aromatic hydroxyl groups is 1. The third kappa shape index (κ3) is 2.56. The molecule has 7 nitrogen and oxygen atoms in total. The Kier molecular flexibility index (Phi) is 3.60. The molecule has 0 aliphatic heterocycles. The Hall–Kier alpha value is -2.74. The van der Waals surface area contributed by atoms with Crippen LogP contribution in [0.3, 0.4) is 0 Å². The molecule has 0 fully saturated rings. The zero-order valence-electron chi connectivity index (χ0n) is 11.0. The number of azo groups is 1. The first-order valence-corrected chi connectivity index (χ1v) is 7.01. The van der Waals surface area contributed by atoms with Gasteiger partial charge < -0.3 is 10.1 Å². The summed E-state index contributed by atoms with van der Waals surface area (Å²) in [6.07, 6.45) is 0. The Morgan fingerprint density at radius 3 is 2.55 bits per heavy atom. The number of fused-ring (bicyclic) bond motifs is 1. The summed E-state index contributed by atoms with van der Waals surface area (Å²) >= 11 is 3.41. The normalized spacial score (nSPS) is 11.3. The molecule has 0 bridgehead atoms. The van der Waals surface area contributed by atoms with Crippen molar-refractivity contribution >= 4 is 43.9 Å². The molecule has 2 N–H and O–H groups in total. The quantitative estimate of drug-likeness (QED) is 0.391. The summed E-state index contributed by atoms with van der Waals surface area (Å²) in [6.45, 7) is 0. The molecule has 3 rings (SSSR count). The van der Waals surface area contributed by atoms with Crippen molar-refractivity contribution in [1.29, 1.82) is 0 Å². The van der Waals surface area contributed by atoms with Crippen LogP contribution in [0.25, 0.3) is 10.9 Å². The van der Waals surface area contributed by atoms with Crippen molar-refractivity contribution < 1.29 is 10.0 Å². The average molecular weight is 361 g/mol. The number of non-ortho nitro benzene ring substituents is 1. The molecule has 110 valence electrons. The Balaban J connectivity index is 1.99. The standard InChI is InChI=1S/C14H9BrN4O3/c15-10-2-1-3-11-12(10)13(14(20)16-11)18-17-8-4-6-9(7-5-8)19(21)22/h1-7,16,20H. The summed E-state index contributed by atoms with van der Waals surface area (Å²) in [5.74, 6) is -0.0902. The molecule has 8 heteroatoms. The number of hydrogen-bond acceptors (Lipinski definition) is 5. The van der Waals surface area contributed by atoms with Gasteiger partial charge in [0.15, 0.2) is 5.69 Å². The predicted octanol–water partition coefficient (Wildman–Crippen LogP) is 4.96. The molecule has 3 aromatic rings. The summed E-state index contributed by atoms with van der Waals surface area (Å²) in [5.41, 5.74) is 1.47. The van der Waals surface area contributed by atoms with Gasteiger partial charge in [-0.15, -0.1) is 5.11 Å². The van der Waals surface area contributed by atoms with Gasteiger partial charge in [-0.2, -0.15) is 5.11 Å². The molecule has 0 spiro atoms. The van der Waals surface area contributed by atoms with E-state index in [1.807, 2.05) is 18.2 Å². The minimum Gasteiger partial charge on any atom is -0.493 e. The van der Waals surface area contributed by atoms with E-state index < -0.39 is 4.92 Å². The summed E-state index contributed by atoms with van der Waals surface area (Å²) in [4.78, 5) is 12.9. The van der Waals surface area contributed by atoms with Crippen molar-refractivity contribution in [1.82, 2.24) is 4.98 Å². The van der Waals surface area contributed by atoms with Crippen molar-refractivity contribution in [2.24, 2.45) is 10.2 Å². The number of rotatable bonds is 3. The van der Waals surface area contributed by atoms with Gasteiger partial charge in [0.1, 0.15) is 0 Å². The SMILES string of the molecule is O=[N+]([O-])c1ccc(N=Nc2c(O)[nH]c3cccc(Br)c23)cc1. The zero-order valence-corrected chi connectivity index (χ0v) is 12.6. The molecule has 1 heterocycles. The van der Waals surface area contributed by atoms with Gasteiger partial charge in [-0.25, -0.2) is 0 Å². The highest BCUT2D eigenvalue weighted by molar-refractivity contribution is 9.10. The summed E-state index contributed by atoms with van der Waals surface area (Å²) in [7, 11) is 0. The van der Waals surface area contributed by atoms with Gasteiger partial charge >= 0.3 is 0 Å². The molecule has 2 aromatic carbocycles. The Bertz CT molecular complexity index is 887. The third-order valence-corrected chi connectivity index (χ3v) is 3.71. The molecule has 0 aliphatic rings. The number of H-pyrrole nitrogens is 1. The molecule has 1 aromatic heterocycles. The van der Waals surface area contributed by atoms with Crippen molar-refractivity contribution in [3.05, 3.63) is 57.1 Å². The smallest absolute Gasteiger partial charge is 0.269 e. The number of aromatic nitrogens is 1. The fraction of sp³-hybridized carbons (Fsp3) is 0. The fourth-order valence-electron chi connectivity index (χ4n) is 2.02. The molecule has 0 saturated heterocycles. The Morgan fingerprint density at radius 1 is 1.14 bits per heavy atom. The largest absolute Gasteiger partial charge is 0.493 e. The second-order valence-electron chi connectivity index (χ2n) is 4.46. The first kappa shape index (κ1) is 14.2. The summed E-state index contributed by atoms with van der Waals surface area (Å²) < 4.78 is 0.777. The number of nitro groups is 1. The average Bonchev–Trinajstić information content (AvgIpc) is 2.82. The van der Waals surface area contributed by atoms with Crippen LogP contribution in [0.5, 0.6) is 5.88 Å². The van der Waals surface area contributed by atoms with E-state index in [0.717, 1.165) is 9.99 Å². The molecular weight excluding hydrogens is 352 g/mol. The lowest BCUT2D eigenvalue weighted by Gasteiger charge is -1.96. The highest BCUT2D eigenvalue weighted by Crippen LogP contribution is 2.40. The molecular formula is C14H9BrN4O3. The lowest BCUT2D eigenvalue weighted by atomic mass is 10.2. The van der Waals surface area contributed by atoms with Crippen LogP contribution in [0.1, 0.15) is 0 Å². The van der Waals surface area contributed by atoms with Gasteiger partial charge in [0.2, 0.25) is 5.88 Å². The van der Waals surface area contributed by atoms with Gasteiger partial charge in [0, 0.05) is 22.0 Å². The van der Waals surface area contributed by atoms with E-state index in [9.17, 15) is 15.2 Å². The second kappa shape index (κ2) is 5.57. The number of nitrogens with zero attached hydrogens (tertiary/aromatic N) is 3. The van der Waals surface area contributed by atoms with E-state index in [1.54, 1.807) is 0 Å². The minimum absolute atomic E-state index is 0.0170. The first-order valence-electron chi connectivity index (χ1n) is 6.21. The van der Waals surface area contributed by atoms with Gasteiger partial charge in [-0.1, -0.05) is 22.0 Å². The molecule has 0 unspecified atom stereocenters. The van der Waals surface area contributed by atoms with Crippen molar-refractivity contribution in [3.8, 4) is 5.88 Å². The van der Waals surface area contributed by atoms with Crippen molar-refractivity contribution in [3.63, 3.8) is 0 Å².